The SMILES string of the molecule is CN(C)CCCN1C[CH]NCC1. The van der Waals surface area contributed by atoms with E-state index in [1.165, 1.54) is 26.1 Å². The Balaban J connectivity index is 1.98. The molecule has 12 heavy (non-hydrogen) atoms. The molecular weight excluding hydrogens is 150 g/mol. The van der Waals surface area contributed by atoms with Crippen molar-refractivity contribution in [3.05, 3.63) is 6.54 Å². The molecule has 1 saturated heterocycles. The van der Waals surface area contributed by atoms with Crippen molar-refractivity contribution < 1.29 is 0 Å². The fourth-order valence-corrected chi connectivity index (χ4v) is 1.42. The zero-order chi connectivity index (χ0) is 8.81. The van der Waals surface area contributed by atoms with Gasteiger partial charge in [0.15, 0.2) is 0 Å². The van der Waals surface area contributed by atoms with Crippen LogP contribution in [-0.2, 0) is 0 Å². The molecule has 0 saturated carbocycles. The minimum atomic E-state index is 1.10. The van der Waals surface area contributed by atoms with Crippen LogP contribution in [0.25, 0.3) is 0 Å². The van der Waals surface area contributed by atoms with Crippen molar-refractivity contribution in [1.82, 2.24) is 15.1 Å². The second-order valence-electron chi connectivity index (χ2n) is 3.62. The average molecular weight is 170 g/mol. The van der Waals surface area contributed by atoms with Crippen molar-refractivity contribution >= 4 is 0 Å². The van der Waals surface area contributed by atoms with Crippen LogP contribution in [0.3, 0.4) is 0 Å². The van der Waals surface area contributed by atoms with Gasteiger partial charge in [0.25, 0.3) is 0 Å². The molecule has 0 aliphatic carbocycles. The third-order valence-corrected chi connectivity index (χ3v) is 2.15. The van der Waals surface area contributed by atoms with Gasteiger partial charge in [0.1, 0.15) is 0 Å². The van der Waals surface area contributed by atoms with Crippen LogP contribution in [-0.4, -0.2) is 56.6 Å². The highest BCUT2D eigenvalue weighted by Gasteiger charge is 2.08. The Kier molecular flexibility index (Phi) is 4.58. The smallest absolute Gasteiger partial charge is 0.0362 e. The van der Waals surface area contributed by atoms with E-state index in [9.17, 15) is 0 Å². The van der Waals surface area contributed by atoms with Crippen LogP contribution < -0.4 is 5.32 Å². The number of piperazine rings is 1. The summed E-state index contributed by atoms with van der Waals surface area (Å²) in [5.41, 5.74) is 0. The number of rotatable bonds is 4. The third-order valence-electron chi connectivity index (χ3n) is 2.15. The largest absolute Gasteiger partial charge is 0.310 e. The monoisotopic (exact) mass is 170 g/mol. The molecule has 0 atom stereocenters. The maximum atomic E-state index is 3.24. The number of hydrogen-bond acceptors (Lipinski definition) is 3. The first-order chi connectivity index (χ1) is 5.79. The molecule has 1 N–H and O–H groups in total. The Morgan fingerprint density at radius 3 is 2.92 bits per heavy atom. The van der Waals surface area contributed by atoms with Crippen LogP contribution in [0.1, 0.15) is 6.42 Å². The summed E-state index contributed by atoms with van der Waals surface area (Å²) >= 11 is 0. The lowest BCUT2D eigenvalue weighted by Crippen LogP contribution is -2.41. The van der Waals surface area contributed by atoms with Gasteiger partial charge in [0.05, 0.1) is 0 Å². The summed E-state index contributed by atoms with van der Waals surface area (Å²) in [7, 11) is 4.26. The predicted molar refractivity (Wildman–Crippen MR) is 51.9 cm³/mol. The molecule has 0 spiro atoms. The van der Waals surface area contributed by atoms with Gasteiger partial charge in [-0.3, -0.25) is 0 Å². The van der Waals surface area contributed by atoms with Crippen molar-refractivity contribution in [1.29, 1.82) is 0 Å². The lowest BCUT2D eigenvalue weighted by Gasteiger charge is -2.27. The van der Waals surface area contributed by atoms with Gasteiger partial charge in [0, 0.05) is 26.2 Å². The number of nitrogens with zero attached hydrogens (tertiary/aromatic N) is 2. The normalized spacial score (nSPS) is 20.2. The lowest BCUT2D eigenvalue weighted by atomic mass is 10.3. The maximum Gasteiger partial charge on any atom is 0.0362 e. The second kappa shape index (κ2) is 5.51. The standard InChI is InChI=1S/C9H20N3/c1-11(2)6-3-7-12-8-4-10-5-9-12/h4,10H,3,5-9H2,1-2H3. The van der Waals surface area contributed by atoms with Crippen LogP contribution in [0.2, 0.25) is 0 Å². The van der Waals surface area contributed by atoms with Crippen molar-refractivity contribution in [2.24, 2.45) is 0 Å². The summed E-state index contributed by atoms with van der Waals surface area (Å²) in [6, 6.07) is 0. The van der Waals surface area contributed by atoms with Gasteiger partial charge in [-0.1, -0.05) is 0 Å². The van der Waals surface area contributed by atoms with E-state index < -0.39 is 0 Å². The molecule has 1 fully saturated rings. The molecule has 1 rings (SSSR count). The van der Waals surface area contributed by atoms with E-state index in [1.54, 1.807) is 0 Å². The van der Waals surface area contributed by atoms with Gasteiger partial charge in [0.2, 0.25) is 0 Å². The van der Waals surface area contributed by atoms with Crippen LogP contribution in [0, 0.1) is 6.54 Å². The van der Waals surface area contributed by atoms with Gasteiger partial charge in [-0.15, -0.1) is 0 Å². The zero-order valence-corrected chi connectivity index (χ0v) is 8.21. The van der Waals surface area contributed by atoms with E-state index in [1.807, 2.05) is 0 Å². The van der Waals surface area contributed by atoms with Crippen LogP contribution in [0.5, 0.6) is 0 Å². The Bertz CT molecular complexity index is 108. The van der Waals surface area contributed by atoms with E-state index in [0.717, 1.165) is 13.1 Å². The molecule has 0 aromatic rings. The summed E-state index contributed by atoms with van der Waals surface area (Å²) in [5, 5.41) is 3.24. The fraction of sp³-hybridized carbons (Fsp3) is 0.889. The van der Waals surface area contributed by atoms with Crippen molar-refractivity contribution in [2.75, 3.05) is 46.8 Å². The minimum absolute atomic E-state index is 1.10. The molecular formula is C9H20N3. The van der Waals surface area contributed by atoms with Crippen LogP contribution >= 0.6 is 0 Å². The molecule has 1 heterocycles. The molecule has 71 valence electrons. The minimum Gasteiger partial charge on any atom is -0.310 e. The Labute approximate surface area is 75.7 Å². The Morgan fingerprint density at radius 2 is 2.33 bits per heavy atom. The molecule has 0 aromatic heterocycles. The van der Waals surface area contributed by atoms with Gasteiger partial charge in [-0.25, -0.2) is 0 Å². The maximum absolute atomic E-state index is 3.24. The van der Waals surface area contributed by atoms with E-state index in [2.05, 4.69) is 35.8 Å². The molecule has 0 unspecified atom stereocenters. The molecule has 0 bridgehead atoms. The van der Waals surface area contributed by atoms with Crippen molar-refractivity contribution in [3.8, 4) is 0 Å². The summed E-state index contributed by atoms with van der Waals surface area (Å²) in [6.45, 7) is 8.00. The van der Waals surface area contributed by atoms with Gasteiger partial charge < -0.3 is 15.1 Å². The summed E-state index contributed by atoms with van der Waals surface area (Å²) in [4.78, 5) is 4.73. The summed E-state index contributed by atoms with van der Waals surface area (Å²) in [5.74, 6) is 0. The van der Waals surface area contributed by atoms with Gasteiger partial charge >= 0.3 is 0 Å². The first-order valence-corrected chi connectivity index (χ1v) is 4.71. The highest BCUT2D eigenvalue weighted by atomic mass is 15.2. The molecule has 0 amide bonds. The molecule has 3 heteroatoms. The Morgan fingerprint density at radius 1 is 1.50 bits per heavy atom. The van der Waals surface area contributed by atoms with Crippen LogP contribution in [0.4, 0.5) is 0 Å². The fourth-order valence-electron chi connectivity index (χ4n) is 1.42. The topological polar surface area (TPSA) is 18.5 Å². The molecule has 1 radical (unpaired) electrons. The van der Waals surface area contributed by atoms with E-state index >= 15 is 0 Å². The summed E-state index contributed by atoms with van der Waals surface area (Å²) in [6.07, 6.45) is 1.28. The second-order valence-corrected chi connectivity index (χ2v) is 3.62. The highest BCUT2D eigenvalue weighted by Crippen LogP contribution is 1.96. The van der Waals surface area contributed by atoms with Gasteiger partial charge in [-0.2, -0.15) is 0 Å². The Hall–Kier alpha value is -0.120. The predicted octanol–water partition coefficient (Wildman–Crippen LogP) is 0.00509. The van der Waals surface area contributed by atoms with E-state index in [4.69, 9.17) is 0 Å². The lowest BCUT2D eigenvalue weighted by molar-refractivity contribution is 0.247. The first kappa shape index (κ1) is 9.96. The average Bonchev–Trinajstić information content (AvgIpc) is 2.05. The zero-order valence-electron chi connectivity index (χ0n) is 8.21. The number of hydrogen-bond donors (Lipinski definition) is 1. The van der Waals surface area contributed by atoms with Crippen LogP contribution in [0.15, 0.2) is 0 Å². The number of nitrogens with one attached hydrogen (secondary N) is 1. The molecule has 3 nitrogen and oxygen atoms in total. The first-order valence-electron chi connectivity index (χ1n) is 4.71. The highest BCUT2D eigenvalue weighted by molar-refractivity contribution is 4.76. The third kappa shape index (κ3) is 4.04. The van der Waals surface area contributed by atoms with E-state index in [0.29, 0.717) is 0 Å². The van der Waals surface area contributed by atoms with Crippen molar-refractivity contribution in [2.45, 2.75) is 6.42 Å². The molecule has 1 aliphatic heterocycles. The summed E-state index contributed by atoms with van der Waals surface area (Å²) < 4.78 is 0. The quantitative estimate of drug-likeness (QED) is 0.641. The van der Waals surface area contributed by atoms with Crippen molar-refractivity contribution in [3.63, 3.8) is 0 Å². The molecule has 1 aliphatic rings. The molecule has 0 aromatic carbocycles. The van der Waals surface area contributed by atoms with E-state index in [-0.39, 0.29) is 0 Å². The van der Waals surface area contributed by atoms with Gasteiger partial charge in [-0.05, 0) is 33.6 Å².